The molecule has 0 aromatic rings. The third kappa shape index (κ3) is 2.07. The minimum Gasteiger partial charge on any atom is -0.393 e. The van der Waals surface area contributed by atoms with Crippen LogP contribution in [-0.4, -0.2) is 33.5 Å². The fourth-order valence-electron chi connectivity index (χ4n) is 7.27. The predicted molar refractivity (Wildman–Crippen MR) is 93.7 cm³/mol. The number of carbonyl (C=O) groups is 2. The number of carbonyl (C=O) groups excluding carboxylic acids is 2. The molecule has 0 bridgehead atoms. The summed E-state index contributed by atoms with van der Waals surface area (Å²) >= 11 is 0. The minimum absolute atomic E-state index is 0.117. The number of hydrogen-bond donors (Lipinski definition) is 2. The molecule has 2 N–H and O–H groups in total. The first-order valence-corrected chi connectivity index (χ1v) is 9.79. The van der Waals surface area contributed by atoms with Crippen LogP contribution >= 0.6 is 0 Å². The van der Waals surface area contributed by atoms with Gasteiger partial charge in [0, 0.05) is 11.8 Å². The van der Waals surface area contributed by atoms with Gasteiger partial charge in [-0.25, -0.2) is 0 Å². The van der Waals surface area contributed by atoms with E-state index in [4.69, 9.17) is 0 Å². The lowest BCUT2D eigenvalue weighted by Gasteiger charge is -2.60. The maximum atomic E-state index is 12.2. The molecule has 25 heavy (non-hydrogen) atoms. The molecule has 0 aromatic carbocycles. The van der Waals surface area contributed by atoms with Crippen LogP contribution in [0.1, 0.15) is 65.7 Å². The fraction of sp³-hybridized carbons (Fsp3) is 0.810. The summed E-state index contributed by atoms with van der Waals surface area (Å²) in [6, 6.07) is 0. The number of aliphatic hydroxyl groups is 2. The molecule has 4 heteroatoms. The van der Waals surface area contributed by atoms with Crippen molar-refractivity contribution in [3.63, 3.8) is 0 Å². The summed E-state index contributed by atoms with van der Waals surface area (Å²) in [5.41, 5.74) is -0.744. The van der Waals surface area contributed by atoms with Gasteiger partial charge in [0.2, 0.25) is 0 Å². The van der Waals surface area contributed by atoms with Gasteiger partial charge in [0.1, 0.15) is 5.60 Å². The highest BCUT2D eigenvalue weighted by molar-refractivity contribution is 5.91. The topological polar surface area (TPSA) is 74.6 Å². The molecule has 0 amide bonds. The summed E-state index contributed by atoms with van der Waals surface area (Å²) in [6.45, 7) is 5.73. The third-order valence-electron chi connectivity index (χ3n) is 8.63. The van der Waals surface area contributed by atoms with Crippen LogP contribution in [0.3, 0.4) is 0 Å². The second-order valence-electron chi connectivity index (χ2n) is 9.53. The van der Waals surface area contributed by atoms with Crippen molar-refractivity contribution >= 4 is 11.6 Å². The number of ketones is 2. The molecule has 3 fully saturated rings. The third-order valence-corrected chi connectivity index (χ3v) is 8.63. The van der Waals surface area contributed by atoms with E-state index >= 15 is 0 Å². The van der Waals surface area contributed by atoms with Crippen LogP contribution in [0.15, 0.2) is 11.6 Å². The number of rotatable bonds is 1. The largest absolute Gasteiger partial charge is 0.393 e. The predicted octanol–water partition coefficient (Wildman–Crippen LogP) is 2.81. The SMILES string of the molecule is CC(=O)[C@@]1(O)CCC2C3CCC4=CC(=O)CC[C@]4(C)C3[C@H](O)C[C@@]21C. The van der Waals surface area contributed by atoms with E-state index in [9.17, 15) is 19.8 Å². The molecule has 0 radical (unpaired) electrons. The summed E-state index contributed by atoms with van der Waals surface area (Å²) in [4.78, 5) is 24.1. The molecule has 0 heterocycles. The van der Waals surface area contributed by atoms with Crippen LogP contribution in [0.2, 0.25) is 0 Å². The lowest BCUT2D eigenvalue weighted by atomic mass is 9.45. The smallest absolute Gasteiger partial charge is 0.161 e. The molecule has 4 rings (SSSR count). The standard InChI is InChI=1S/C21H30O4/c1-12(22)21(25)9-7-16-15-5-4-13-10-14(23)6-8-19(13,2)18(15)17(24)11-20(16,21)3/h10,15-18,24-25H,4-9,11H2,1-3H3/t15?,16?,17-,18?,19+,20+,21+/m1/s1. The van der Waals surface area contributed by atoms with Crippen molar-refractivity contribution in [3.05, 3.63) is 11.6 Å². The van der Waals surface area contributed by atoms with Gasteiger partial charge in [-0.15, -0.1) is 0 Å². The molecule has 4 aliphatic rings. The quantitative estimate of drug-likeness (QED) is 0.766. The molecule has 4 aliphatic carbocycles. The zero-order valence-electron chi connectivity index (χ0n) is 15.5. The maximum Gasteiger partial charge on any atom is 0.161 e. The van der Waals surface area contributed by atoms with Crippen LogP contribution < -0.4 is 0 Å². The normalized spacial score (nSPS) is 52.0. The molecular formula is C21H30O4. The Labute approximate surface area is 149 Å². The first-order chi connectivity index (χ1) is 11.6. The Bertz CT molecular complexity index is 667. The van der Waals surface area contributed by atoms with Crippen LogP contribution in [-0.2, 0) is 9.59 Å². The highest BCUT2D eigenvalue weighted by Gasteiger charge is 2.67. The molecule has 0 spiro atoms. The number of aliphatic hydroxyl groups excluding tert-OH is 1. The molecular weight excluding hydrogens is 316 g/mol. The monoisotopic (exact) mass is 346 g/mol. The average molecular weight is 346 g/mol. The van der Waals surface area contributed by atoms with Gasteiger partial charge in [-0.3, -0.25) is 9.59 Å². The van der Waals surface area contributed by atoms with Gasteiger partial charge in [0.25, 0.3) is 0 Å². The van der Waals surface area contributed by atoms with Gasteiger partial charge in [0.15, 0.2) is 11.6 Å². The fourth-order valence-corrected chi connectivity index (χ4v) is 7.27. The zero-order chi connectivity index (χ0) is 18.2. The molecule has 138 valence electrons. The lowest BCUT2D eigenvalue weighted by Crippen LogP contribution is -2.61. The van der Waals surface area contributed by atoms with Gasteiger partial charge in [-0.1, -0.05) is 19.4 Å². The summed E-state index contributed by atoms with van der Waals surface area (Å²) in [5.74, 6) is 0.776. The Morgan fingerprint density at radius 3 is 2.60 bits per heavy atom. The minimum atomic E-state index is -1.30. The van der Waals surface area contributed by atoms with Crippen molar-refractivity contribution in [1.29, 1.82) is 0 Å². The van der Waals surface area contributed by atoms with Crippen LogP contribution in [0.5, 0.6) is 0 Å². The van der Waals surface area contributed by atoms with Crippen LogP contribution in [0, 0.1) is 28.6 Å². The van der Waals surface area contributed by atoms with E-state index in [1.54, 1.807) is 0 Å². The molecule has 0 aromatic heterocycles. The highest BCUT2D eigenvalue weighted by atomic mass is 16.3. The highest BCUT2D eigenvalue weighted by Crippen LogP contribution is 2.67. The van der Waals surface area contributed by atoms with E-state index in [0.29, 0.717) is 25.2 Å². The van der Waals surface area contributed by atoms with Crippen molar-refractivity contribution in [2.45, 2.75) is 77.4 Å². The maximum absolute atomic E-state index is 12.2. The zero-order valence-corrected chi connectivity index (χ0v) is 15.5. The Kier molecular flexibility index (Phi) is 3.66. The van der Waals surface area contributed by atoms with Gasteiger partial charge >= 0.3 is 0 Å². The Balaban J connectivity index is 1.75. The second-order valence-corrected chi connectivity index (χ2v) is 9.53. The van der Waals surface area contributed by atoms with Crippen molar-refractivity contribution < 1.29 is 19.8 Å². The van der Waals surface area contributed by atoms with Gasteiger partial charge in [0.05, 0.1) is 6.10 Å². The van der Waals surface area contributed by atoms with Crippen molar-refractivity contribution in [3.8, 4) is 0 Å². The van der Waals surface area contributed by atoms with E-state index in [0.717, 1.165) is 25.7 Å². The lowest BCUT2D eigenvalue weighted by molar-refractivity contribution is -0.179. The Hall–Kier alpha value is -1.00. The van der Waals surface area contributed by atoms with E-state index in [2.05, 4.69) is 6.92 Å². The van der Waals surface area contributed by atoms with Crippen molar-refractivity contribution in [2.24, 2.45) is 28.6 Å². The molecule has 0 aliphatic heterocycles. The first-order valence-electron chi connectivity index (χ1n) is 9.79. The molecule has 4 nitrogen and oxygen atoms in total. The Morgan fingerprint density at radius 1 is 1.20 bits per heavy atom. The summed E-state index contributed by atoms with van der Waals surface area (Å²) in [7, 11) is 0. The molecule has 3 saturated carbocycles. The van der Waals surface area contributed by atoms with Gasteiger partial charge in [-0.2, -0.15) is 0 Å². The van der Waals surface area contributed by atoms with E-state index in [1.165, 1.54) is 12.5 Å². The number of hydrogen-bond acceptors (Lipinski definition) is 4. The average Bonchev–Trinajstić information content (AvgIpc) is 2.80. The van der Waals surface area contributed by atoms with Gasteiger partial charge in [-0.05, 0) is 74.7 Å². The van der Waals surface area contributed by atoms with Crippen molar-refractivity contribution in [1.82, 2.24) is 0 Å². The molecule has 0 saturated heterocycles. The van der Waals surface area contributed by atoms with Crippen LogP contribution in [0.4, 0.5) is 0 Å². The number of fused-ring (bicyclic) bond motifs is 5. The Morgan fingerprint density at radius 2 is 1.92 bits per heavy atom. The van der Waals surface area contributed by atoms with E-state index in [1.807, 2.05) is 13.0 Å². The first kappa shape index (κ1) is 17.4. The van der Waals surface area contributed by atoms with E-state index in [-0.39, 0.29) is 28.8 Å². The molecule has 3 unspecified atom stereocenters. The number of allylic oxidation sites excluding steroid dienone is 1. The summed E-state index contributed by atoms with van der Waals surface area (Å²) < 4.78 is 0. The van der Waals surface area contributed by atoms with E-state index < -0.39 is 17.1 Å². The summed E-state index contributed by atoms with van der Waals surface area (Å²) in [6.07, 6.45) is 6.38. The summed E-state index contributed by atoms with van der Waals surface area (Å²) in [5, 5.41) is 22.3. The molecule has 7 atom stereocenters. The van der Waals surface area contributed by atoms with Crippen molar-refractivity contribution in [2.75, 3.05) is 0 Å². The number of Topliss-reactive ketones (excluding diaryl/α,β-unsaturated/α-hetero) is 1. The van der Waals surface area contributed by atoms with Crippen LogP contribution in [0.25, 0.3) is 0 Å². The van der Waals surface area contributed by atoms with Gasteiger partial charge < -0.3 is 10.2 Å². The second kappa shape index (κ2) is 5.26.